The number of carbonyl (C=O) groups is 1. The van der Waals surface area contributed by atoms with Gasteiger partial charge in [0, 0.05) is 32.3 Å². The molecule has 0 atom stereocenters. The summed E-state index contributed by atoms with van der Waals surface area (Å²) in [5.74, 6) is -0.329. The minimum absolute atomic E-state index is 0.312. The highest BCUT2D eigenvalue weighted by molar-refractivity contribution is 6.76. The molecule has 0 aromatic carbocycles. The first kappa shape index (κ1) is 21.8. The summed E-state index contributed by atoms with van der Waals surface area (Å²) < 4.78 is 11.4. The molecule has 6 nitrogen and oxygen atoms in total. The highest BCUT2D eigenvalue weighted by atomic mass is 28.3. The minimum Gasteiger partial charge on any atom is -0.462 e. The molecular weight excluding hydrogens is 382 g/mol. The smallest absolute Gasteiger partial charge is 0.342 e. The van der Waals surface area contributed by atoms with E-state index < -0.39 is 8.07 Å². The maximum absolute atomic E-state index is 12.9. The predicted molar refractivity (Wildman–Crippen MR) is 120 cm³/mol. The molecule has 0 aliphatic heterocycles. The third-order valence-corrected chi connectivity index (χ3v) is 7.15. The van der Waals surface area contributed by atoms with Crippen LogP contribution >= 0.6 is 0 Å². The zero-order chi connectivity index (χ0) is 20.9. The van der Waals surface area contributed by atoms with Crippen LogP contribution in [-0.2, 0) is 16.1 Å². The lowest BCUT2D eigenvalue weighted by molar-refractivity contribution is 0.0519. The first-order chi connectivity index (χ1) is 13.9. The van der Waals surface area contributed by atoms with Crippen molar-refractivity contribution in [2.45, 2.75) is 77.4 Å². The minimum atomic E-state index is -1.17. The van der Waals surface area contributed by atoms with Gasteiger partial charge in [0.1, 0.15) is 11.2 Å². The Hall–Kier alpha value is -1.86. The number of aromatic nitrogens is 2. The van der Waals surface area contributed by atoms with E-state index in [4.69, 9.17) is 14.5 Å². The number of hydrogen-bond acceptors (Lipinski definition) is 5. The third-order valence-electron chi connectivity index (χ3n) is 5.45. The van der Waals surface area contributed by atoms with Crippen molar-refractivity contribution < 1.29 is 14.3 Å². The number of nitrogens with zero attached hydrogens (tertiary/aromatic N) is 1. The number of nitrogens with one attached hydrogen (secondary N) is 2. The van der Waals surface area contributed by atoms with E-state index in [0.717, 1.165) is 35.6 Å². The Morgan fingerprint density at radius 2 is 2.03 bits per heavy atom. The van der Waals surface area contributed by atoms with Gasteiger partial charge >= 0.3 is 5.97 Å². The van der Waals surface area contributed by atoms with E-state index in [1.165, 1.54) is 19.3 Å². The fourth-order valence-corrected chi connectivity index (χ4v) is 4.56. The van der Waals surface area contributed by atoms with Crippen LogP contribution in [0.15, 0.2) is 12.3 Å². The van der Waals surface area contributed by atoms with Crippen molar-refractivity contribution in [3.63, 3.8) is 0 Å². The van der Waals surface area contributed by atoms with Gasteiger partial charge in [0.15, 0.2) is 0 Å². The molecule has 1 fully saturated rings. The number of carbonyl (C=O) groups excluding carboxylic acids is 1. The predicted octanol–water partition coefficient (Wildman–Crippen LogP) is 5.34. The average Bonchev–Trinajstić information content (AvgIpc) is 3.14. The summed E-state index contributed by atoms with van der Waals surface area (Å²) in [6.07, 6.45) is 7.85. The molecule has 7 heteroatoms. The maximum Gasteiger partial charge on any atom is 0.342 e. The second kappa shape index (κ2) is 9.76. The van der Waals surface area contributed by atoms with Crippen LogP contribution in [0.2, 0.25) is 25.7 Å². The molecule has 1 aliphatic carbocycles. The van der Waals surface area contributed by atoms with Gasteiger partial charge < -0.3 is 19.8 Å². The van der Waals surface area contributed by atoms with E-state index >= 15 is 0 Å². The van der Waals surface area contributed by atoms with E-state index in [2.05, 4.69) is 29.9 Å². The molecule has 1 saturated carbocycles. The normalized spacial score (nSPS) is 15.6. The van der Waals surface area contributed by atoms with Crippen LogP contribution in [0.5, 0.6) is 0 Å². The molecule has 29 heavy (non-hydrogen) atoms. The Kier molecular flexibility index (Phi) is 7.35. The molecule has 2 N–H and O–H groups in total. The van der Waals surface area contributed by atoms with Crippen LogP contribution in [-0.4, -0.2) is 43.3 Å². The van der Waals surface area contributed by atoms with Gasteiger partial charge in [-0.25, -0.2) is 9.78 Å². The first-order valence-corrected chi connectivity index (χ1v) is 14.6. The third kappa shape index (κ3) is 5.82. The summed E-state index contributed by atoms with van der Waals surface area (Å²) in [4.78, 5) is 20.8. The SMILES string of the molecule is CCOC(=O)c1c(COCC[Si](C)(C)C)nc2[nH]ccc2c1NC1CCCCC1. The van der Waals surface area contributed by atoms with Crippen molar-refractivity contribution >= 4 is 30.8 Å². The number of hydrogen-bond donors (Lipinski definition) is 2. The molecule has 0 amide bonds. The Bertz CT molecular complexity index is 823. The monoisotopic (exact) mass is 417 g/mol. The van der Waals surface area contributed by atoms with Gasteiger partial charge in [0.2, 0.25) is 0 Å². The molecule has 0 bridgehead atoms. The summed E-state index contributed by atoms with van der Waals surface area (Å²) in [6.45, 7) is 10.2. The number of pyridine rings is 1. The second-order valence-electron chi connectivity index (χ2n) is 9.11. The van der Waals surface area contributed by atoms with Gasteiger partial charge in [-0.1, -0.05) is 38.9 Å². The van der Waals surface area contributed by atoms with Gasteiger partial charge in [-0.15, -0.1) is 0 Å². The van der Waals surface area contributed by atoms with Crippen molar-refractivity contribution in [3.05, 3.63) is 23.5 Å². The largest absolute Gasteiger partial charge is 0.462 e. The zero-order valence-electron chi connectivity index (χ0n) is 18.3. The first-order valence-electron chi connectivity index (χ1n) is 10.9. The number of aromatic amines is 1. The summed E-state index contributed by atoms with van der Waals surface area (Å²) in [5, 5.41) is 4.60. The molecule has 3 rings (SSSR count). The van der Waals surface area contributed by atoms with E-state index in [0.29, 0.717) is 37.1 Å². The second-order valence-corrected chi connectivity index (χ2v) is 14.7. The van der Waals surface area contributed by atoms with Crippen molar-refractivity contribution in [1.29, 1.82) is 0 Å². The van der Waals surface area contributed by atoms with Gasteiger partial charge in [-0.3, -0.25) is 0 Å². The molecule has 0 spiro atoms. The molecular formula is C22H35N3O3Si. The molecule has 0 unspecified atom stereocenters. The van der Waals surface area contributed by atoms with Crippen LogP contribution < -0.4 is 5.32 Å². The fraction of sp³-hybridized carbons (Fsp3) is 0.636. The van der Waals surface area contributed by atoms with Gasteiger partial charge in [-0.05, 0) is 31.9 Å². The summed E-state index contributed by atoms with van der Waals surface area (Å²) >= 11 is 0. The van der Waals surface area contributed by atoms with E-state index in [1.807, 2.05) is 19.2 Å². The maximum atomic E-state index is 12.9. The number of anilines is 1. The summed E-state index contributed by atoms with van der Waals surface area (Å²) in [7, 11) is -1.17. The van der Waals surface area contributed by atoms with E-state index in [1.54, 1.807) is 0 Å². The summed E-state index contributed by atoms with van der Waals surface area (Å²) in [5.41, 5.74) is 2.79. The number of esters is 1. The number of rotatable bonds is 9. The van der Waals surface area contributed by atoms with Gasteiger partial charge in [-0.2, -0.15) is 0 Å². The summed E-state index contributed by atoms with van der Waals surface area (Å²) in [6, 6.07) is 3.43. The van der Waals surface area contributed by atoms with Crippen molar-refractivity contribution in [3.8, 4) is 0 Å². The highest BCUT2D eigenvalue weighted by Gasteiger charge is 2.25. The number of H-pyrrole nitrogens is 1. The van der Waals surface area contributed by atoms with Gasteiger partial charge in [0.05, 0.1) is 24.6 Å². The topological polar surface area (TPSA) is 76.2 Å². The molecule has 1 aliphatic rings. The van der Waals surface area contributed by atoms with Crippen LogP contribution in [0.4, 0.5) is 5.69 Å². The number of ether oxygens (including phenoxy) is 2. The lowest BCUT2D eigenvalue weighted by Gasteiger charge is -2.26. The molecule has 160 valence electrons. The van der Waals surface area contributed by atoms with E-state index in [9.17, 15) is 4.79 Å². The highest BCUT2D eigenvalue weighted by Crippen LogP contribution is 2.32. The average molecular weight is 418 g/mol. The van der Waals surface area contributed by atoms with Gasteiger partial charge in [0.25, 0.3) is 0 Å². The van der Waals surface area contributed by atoms with Crippen molar-refractivity contribution in [2.24, 2.45) is 0 Å². The fourth-order valence-electron chi connectivity index (χ4n) is 3.80. The number of fused-ring (bicyclic) bond motifs is 1. The Balaban J connectivity index is 1.92. The van der Waals surface area contributed by atoms with Crippen LogP contribution in [0.1, 0.15) is 55.1 Å². The Labute approximate surface area is 174 Å². The standard InChI is InChI=1S/C22H35N3O3Si/c1-5-28-22(26)19-18(15-27-13-14-29(2,3)4)25-21-17(11-12-23-21)20(19)24-16-9-7-6-8-10-16/h11-12,16H,5-10,13-15H2,1-4H3,(H2,23,24,25). The lowest BCUT2D eigenvalue weighted by atomic mass is 9.94. The quantitative estimate of drug-likeness (QED) is 0.327. The Morgan fingerprint density at radius 3 is 2.72 bits per heavy atom. The zero-order valence-corrected chi connectivity index (χ0v) is 19.3. The van der Waals surface area contributed by atoms with E-state index in [-0.39, 0.29) is 5.97 Å². The van der Waals surface area contributed by atoms with Crippen molar-refractivity contribution in [1.82, 2.24) is 9.97 Å². The lowest BCUT2D eigenvalue weighted by Crippen LogP contribution is -2.25. The molecule has 2 aromatic rings. The van der Waals surface area contributed by atoms with Crippen molar-refractivity contribution in [2.75, 3.05) is 18.5 Å². The molecule has 0 radical (unpaired) electrons. The van der Waals surface area contributed by atoms with Crippen LogP contribution in [0.3, 0.4) is 0 Å². The van der Waals surface area contributed by atoms with Crippen LogP contribution in [0, 0.1) is 0 Å². The molecule has 0 saturated heterocycles. The van der Waals surface area contributed by atoms with Crippen LogP contribution in [0.25, 0.3) is 11.0 Å². The Morgan fingerprint density at radius 1 is 1.28 bits per heavy atom. The molecule has 2 heterocycles. The molecule has 2 aromatic heterocycles.